The predicted molar refractivity (Wildman–Crippen MR) is 77.0 cm³/mol. The monoisotopic (exact) mass is 285 g/mol. The van der Waals surface area contributed by atoms with E-state index >= 15 is 0 Å². The number of benzene rings is 1. The van der Waals surface area contributed by atoms with Gasteiger partial charge in [0.1, 0.15) is 0 Å². The minimum Gasteiger partial charge on any atom is -0.458 e. The summed E-state index contributed by atoms with van der Waals surface area (Å²) in [6, 6.07) is 8.89. The Bertz CT molecular complexity index is 642. The van der Waals surface area contributed by atoms with Crippen LogP contribution in [0.15, 0.2) is 42.7 Å². The third kappa shape index (κ3) is 3.85. The molecule has 0 aliphatic carbocycles. The Kier molecular flexibility index (Phi) is 4.61. The highest BCUT2D eigenvalue weighted by atomic mass is 16.5. The number of esters is 1. The van der Waals surface area contributed by atoms with Crippen molar-refractivity contribution in [1.29, 1.82) is 0 Å². The Labute approximate surface area is 122 Å². The number of para-hydroxylation sites is 1. The van der Waals surface area contributed by atoms with Crippen LogP contribution in [0.3, 0.4) is 0 Å². The Morgan fingerprint density at radius 2 is 1.67 bits per heavy atom. The molecule has 0 bridgehead atoms. The summed E-state index contributed by atoms with van der Waals surface area (Å²) in [6.45, 7) is 3.44. The lowest BCUT2D eigenvalue weighted by atomic mass is 10.2. The van der Waals surface area contributed by atoms with Crippen LogP contribution >= 0.6 is 0 Å². The summed E-state index contributed by atoms with van der Waals surface area (Å²) in [6.07, 6.45) is 2.40. The topological polar surface area (TPSA) is 81.2 Å². The van der Waals surface area contributed by atoms with E-state index in [0.717, 1.165) is 0 Å². The van der Waals surface area contributed by atoms with Crippen molar-refractivity contribution in [3.63, 3.8) is 0 Å². The molecule has 2 aromatic rings. The predicted octanol–water partition coefficient (Wildman–Crippen LogP) is 2.29. The summed E-state index contributed by atoms with van der Waals surface area (Å²) in [7, 11) is 0. The highest BCUT2D eigenvalue weighted by Gasteiger charge is 2.22. The van der Waals surface area contributed by atoms with E-state index in [9.17, 15) is 9.59 Å². The summed E-state index contributed by atoms with van der Waals surface area (Å²) in [5.41, 5.74) is 0.447. The molecule has 0 saturated heterocycles. The number of aromatic nitrogens is 2. The first-order valence-corrected chi connectivity index (χ1v) is 6.46. The van der Waals surface area contributed by atoms with Gasteiger partial charge >= 0.3 is 5.97 Å². The summed E-state index contributed by atoms with van der Waals surface area (Å²) < 4.78 is 5.06. The molecule has 1 aromatic carbocycles. The normalized spacial score (nSPS) is 10.2. The van der Waals surface area contributed by atoms with E-state index in [1.165, 1.54) is 12.4 Å². The highest BCUT2D eigenvalue weighted by molar-refractivity contribution is 6.08. The van der Waals surface area contributed by atoms with Gasteiger partial charge in [-0.1, -0.05) is 18.2 Å². The lowest BCUT2D eigenvalue weighted by Crippen LogP contribution is -2.22. The molecule has 1 aromatic heterocycles. The Balaban J connectivity index is 2.23. The van der Waals surface area contributed by atoms with Gasteiger partial charge in [-0.15, -0.1) is 0 Å². The molecule has 21 heavy (non-hydrogen) atoms. The van der Waals surface area contributed by atoms with Crippen molar-refractivity contribution >= 4 is 17.6 Å². The summed E-state index contributed by atoms with van der Waals surface area (Å²) in [5, 5.41) is 2.66. The van der Waals surface area contributed by atoms with Crippen LogP contribution in [-0.2, 0) is 4.74 Å². The molecule has 1 amide bonds. The molecule has 2 rings (SSSR count). The second kappa shape index (κ2) is 6.60. The molecule has 108 valence electrons. The van der Waals surface area contributed by atoms with Gasteiger partial charge in [-0.05, 0) is 26.0 Å². The van der Waals surface area contributed by atoms with Crippen molar-refractivity contribution < 1.29 is 14.3 Å². The number of amides is 1. The minimum absolute atomic E-state index is 0.0630. The van der Waals surface area contributed by atoms with Crippen LogP contribution < -0.4 is 5.32 Å². The molecule has 0 spiro atoms. The number of hydrogen-bond acceptors (Lipinski definition) is 5. The van der Waals surface area contributed by atoms with Gasteiger partial charge in [-0.3, -0.25) is 4.79 Å². The van der Waals surface area contributed by atoms with Crippen LogP contribution in [0.1, 0.15) is 34.8 Å². The summed E-state index contributed by atoms with van der Waals surface area (Å²) in [5.74, 6) is -1.18. The molecule has 0 radical (unpaired) electrons. The van der Waals surface area contributed by atoms with Crippen molar-refractivity contribution in [3.05, 3.63) is 54.1 Å². The van der Waals surface area contributed by atoms with Gasteiger partial charge < -0.3 is 10.1 Å². The number of nitrogens with one attached hydrogen (secondary N) is 1. The van der Waals surface area contributed by atoms with Gasteiger partial charge in [0.25, 0.3) is 5.91 Å². The van der Waals surface area contributed by atoms with E-state index in [0.29, 0.717) is 5.69 Å². The van der Waals surface area contributed by atoms with Gasteiger partial charge in [0.2, 0.25) is 0 Å². The first-order valence-electron chi connectivity index (χ1n) is 6.46. The van der Waals surface area contributed by atoms with Gasteiger partial charge in [0, 0.05) is 18.1 Å². The molecule has 1 N–H and O–H groups in total. The van der Waals surface area contributed by atoms with E-state index < -0.39 is 11.9 Å². The van der Waals surface area contributed by atoms with Crippen LogP contribution in [0.25, 0.3) is 0 Å². The third-order valence-corrected chi connectivity index (χ3v) is 2.48. The quantitative estimate of drug-likeness (QED) is 0.872. The van der Waals surface area contributed by atoms with Crippen LogP contribution in [0.5, 0.6) is 0 Å². The summed E-state index contributed by atoms with van der Waals surface area (Å²) in [4.78, 5) is 32.0. The van der Waals surface area contributed by atoms with E-state index in [2.05, 4.69) is 15.3 Å². The number of anilines is 1. The van der Waals surface area contributed by atoms with Crippen LogP contribution in [0, 0.1) is 0 Å². The Morgan fingerprint density at radius 3 is 2.29 bits per heavy atom. The Hall–Kier alpha value is -2.76. The molecule has 6 nitrogen and oxygen atoms in total. The minimum atomic E-state index is -0.670. The standard InChI is InChI=1S/C15H15N3O3/c1-10(2)21-15(20)13-12(16-8-9-17-13)14(19)18-11-6-4-3-5-7-11/h3-10H,1-2H3,(H,18,19). The lowest BCUT2D eigenvalue weighted by molar-refractivity contribution is 0.0367. The van der Waals surface area contributed by atoms with Crippen LogP contribution in [-0.4, -0.2) is 27.9 Å². The average molecular weight is 285 g/mol. The lowest BCUT2D eigenvalue weighted by Gasteiger charge is -2.10. The van der Waals surface area contributed by atoms with Crippen molar-refractivity contribution in [2.45, 2.75) is 20.0 Å². The second-order valence-electron chi connectivity index (χ2n) is 4.53. The van der Waals surface area contributed by atoms with E-state index in [1.54, 1.807) is 38.1 Å². The van der Waals surface area contributed by atoms with Crippen LogP contribution in [0.2, 0.25) is 0 Å². The second-order valence-corrected chi connectivity index (χ2v) is 4.53. The number of ether oxygens (including phenoxy) is 1. The summed E-state index contributed by atoms with van der Waals surface area (Å²) >= 11 is 0. The largest absolute Gasteiger partial charge is 0.458 e. The first-order chi connectivity index (χ1) is 10.1. The first kappa shape index (κ1) is 14.6. The van der Waals surface area contributed by atoms with E-state index in [1.807, 2.05) is 6.07 Å². The highest BCUT2D eigenvalue weighted by Crippen LogP contribution is 2.10. The molecule has 0 saturated carbocycles. The molecule has 0 atom stereocenters. The molecule has 0 aliphatic heterocycles. The van der Waals surface area contributed by atoms with Crippen molar-refractivity contribution in [1.82, 2.24) is 9.97 Å². The van der Waals surface area contributed by atoms with Gasteiger partial charge in [-0.25, -0.2) is 14.8 Å². The van der Waals surface area contributed by atoms with Gasteiger partial charge in [-0.2, -0.15) is 0 Å². The zero-order valence-electron chi connectivity index (χ0n) is 11.7. The van der Waals surface area contributed by atoms with Crippen molar-refractivity contribution in [3.8, 4) is 0 Å². The molecule has 0 fully saturated rings. The Morgan fingerprint density at radius 1 is 1.05 bits per heavy atom. The smallest absolute Gasteiger partial charge is 0.359 e. The maximum absolute atomic E-state index is 12.2. The fourth-order valence-corrected chi connectivity index (χ4v) is 1.64. The number of carbonyl (C=O) groups is 2. The molecule has 6 heteroatoms. The molecular formula is C15H15N3O3. The van der Waals surface area contributed by atoms with Crippen molar-refractivity contribution in [2.75, 3.05) is 5.32 Å². The zero-order chi connectivity index (χ0) is 15.2. The molecule has 0 aliphatic rings. The molecular weight excluding hydrogens is 270 g/mol. The van der Waals surface area contributed by atoms with Crippen molar-refractivity contribution in [2.24, 2.45) is 0 Å². The van der Waals surface area contributed by atoms with E-state index in [4.69, 9.17) is 4.74 Å². The SMILES string of the molecule is CC(C)OC(=O)c1nccnc1C(=O)Nc1ccccc1. The van der Waals surface area contributed by atoms with Crippen LogP contribution in [0.4, 0.5) is 5.69 Å². The van der Waals surface area contributed by atoms with Gasteiger partial charge in [0.15, 0.2) is 11.4 Å². The third-order valence-electron chi connectivity index (χ3n) is 2.48. The van der Waals surface area contributed by atoms with E-state index in [-0.39, 0.29) is 17.5 Å². The number of rotatable bonds is 4. The maximum atomic E-state index is 12.2. The average Bonchev–Trinajstić information content (AvgIpc) is 2.47. The molecule has 1 heterocycles. The fourth-order valence-electron chi connectivity index (χ4n) is 1.64. The zero-order valence-corrected chi connectivity index (χ0v) is 11.7. The number of carbonyl (C=O) groups excluding carboxylic acids is 2. The fraction of sp³-hybridized carbons (Fsp3) is 0.200. The van der Waals surface area contributed by atoms with Gasteiger partial charge in [0.05, 0.1) is 6.10 Å². The maximum Gasteiger partial charge on any atom is 0.359 e. The number of hydrogen-bond donors (Lipinski definition) is 1. The molecule has 0 unspecified atom stereocenters. The number of nitrogens with zero attached hydrogens (tertiary/aromatic N) is 2.